The number of nitrogens with one attached hydrogen (secondary N) is 2. The largest absolute Gasteiger partial charge is 0.483 e. The van der Waals surface area contributed by atoms with E-state index in [4.69, 9.17) is 9.47 Å². The summed E-state index contributed by atoms with van der Waals surface area (Å²) in [5.41, 5.74) is 2.22. The third-order valence-electron chi connectivity index (χ3n) is 6.68. The Morgan fingerprint density at radius 3 is 1.95 bits per heavy atom. The molecule has 0 heterocycles. The Balaban J connectivity index is 1.76. The second-order valence-electron chi connectivity index (χ2n) is 11.7. The SMILES string of the molecule is Cc1cc([N+](=O)[O-])cc(C)c1OCC(=O)NC(Cc1ccccc1)C(O)CC(Cc1ccccc1)NC(=O)OC(C)(C)C. The Hall–Kier alpha value is -4.44. The van der Waals surface area contributed by atoms with Gasteiger partial charge < -0.3 is 25.2 Å². The van der Waals surface area contributed by atoms with E-state index >= 15 is 0 Å². The molecule has 3 unspecified atom stereocenters. The van der Waals surface area contributed by atoms with Crippen LogP contribution in [0.4, 0.5) is 10.5 Å². The van der Waals surface area contributed by atoms with Gasteiger partial charge in [0.15, 0.2) is 6.61 Å². The van der Waals surface area contributed by atoms with Gasteiger partial charge in [0.25, 0.3) is 11.6 Å². The maximum atomic E-state index is 13.1. The maximum absolute atomic E-state index is 13.1. The molecular weight excluding hydrogens is 550 g/mol. The van der Waals surface area contributed by atoms with E-state index in [9.17, 15) is 24.8 Å². The van der Waals surface area contributed by atoms with E-state index in [1.807, 2.05) is 60.7 Å². The minimum Gasteiger partial charge on any atom is -0.483 e. The zero-order valence-electron chi connectivity index (χ0n) is 25.3. The second-order valence-corrected chi connectivity index (χ2v) is 11.7. The molecule has 0 spiro atoms. The molecule has 3 aromatic rings. The highest BCUT2D eigenvalue weighted by Crippen LogP contribution is 2.28. The molecule has 43 heavy (non-hydrogen) atoms. The standard InChI is InChI=1S/C33H41N3O7/c1-22-16-27(36(40)41)17-23(2)31(22)42-21-30(38)35-28(19-25-14-10-7-11-15-25)29(37)20-26(18-24-12-8-6-9-13-24)34-32(39)43-33(3,4)5/h6-17,26,28-29,37H,18-21H2,1-5H3,(H,34,39)(H,35,38). The number of aliphatic hydroxyl groups excluding tert-OH is 1. The number of alkyl carbamates (subject to hydrolysis) is 1. The maximum Gasteiger partial charge on any atom is 0.407 e. The highest BCUT2D eigenvalue weighted by atomic mass is 16.6. The molecule has 230 valence electrons. The van der Waals surface area contributed by atoms with Crippen LogP contribution < -0.4 is 15.4 Å². The summed E-state index contributed by atoms with van der Waals surface area (Å²) in [5, 5.41) is 28.4. The molecule has 0 aromatic heterocycles. The number of nitrogens with zero attached hydrogens (tertiary/aromatic N) is 1. The predicted octanol–water partition coefficient (Wildman–Crippen LogP) is 5.20. The first-order chi connectivity index (χ1) is 20.3. The number of benzene rings is 3. The number of carbonyl (C=O) groups excluding carboxylic acids is 2. The number of amides is 2. The van der Waals surface area contributed by atoms with E-state index in [0.29, 0.717) is 29.7 Å². The van der Waals surface area contributed by atoms with Crippen LogP contribution in [0, 0.1) is 24.0 Å². The number of aliphatic hydroxyl groups is 1. The van der Waals surface area contributed by atoms with Crippen LogP contribution in [0.5, 0.6) is 5.75 Å². The Labute approximate surface area is 252 Å². The van der Waals surface area contributed by atoms with Gasteiger partial charge in [0.1, 0.15) is 11.4 Å². The van der Waals surface area contributed by atoms with E-state index in [1.54, 1.807) is 34.6 Å². The van der Waals surface area contributed by atoms with Crippen molar-refractivity contribution in [2.45, 2.75) is 77.7 Å². The summed E-state index contributed by atoms with van der Waals surface area (Å²) in [6.07, 6.45) is -0.686. The molecular formula is C33H41N3O7. The van der Waals surface area contributed by atoms with Crippen molar-refractivity contribution in [1.29, 1.82) is 0 Å². The summed E-state index contributed by atoms with van der Waals surface area (Å²) in [7, 11) is 0. The van der Waals surface area contributed by atoms with Crippen molar-refractivity contribution in [3.8, 4) is 5.75 Å². The van der Waals surface area contributed by atoms with Crippen LogP contribution in [0.25, 0.3) is 0 Å². The zero-order valence-corrected chi connectivity index (χ0v) is 25.3. The van der Waals surface area contributed by atoms with Gasteiger partial charge in [0.2, 0.25) is 0 Å². The fourth-order valence-corrected chi connectivity index (χ4v) is 4.82. The minimum atomic E-state index is -1.03. The molecule has 3 atom stereocenters. The lowest BCUT2D eigenvalue weighted by Gasteiger charge is -2.29. The summed E-state index contributed by atoms with van der Waals surface area (Å²) in [6.45, 7) is 8.35. The van der Waals surface area contributed by atoms with E-state index in [1.165, 1.54) is 12.1 Å². The number of carbonyl (C=O) groups is 2. The van der Waals surface area contributed by atoms with Gasteiger partial charge in [0, 0.05) is 18.2 Å². The van der Waals surface area contributed by atoms with Gasteiger partial charge in [-0.05, 0) is 76.1 Å². The lowest BCUT2D eigenvalue weighted by atomic mass is 9.93. The van der Waals surface area contributed by atoms with Crippen molar-refractivity contribution in [3.05, 3.63) is 105 Å². The molecule has 3 aromatic carbocycles. The van der Waals surface area contributed by atoms with Gasteiger partial charge in [-0.1, -0.05) is 60.7 Å². The molecule has 0 aliphatic carbocycles. The van der Waals surface area contributed by atoms with Crippen LogP contribution in [0.15, 0.2) is 72.8 Å². The van der Waals surface area contributed by atoms with E-state index in [0.717, 1.165) is 11.1 Å². The highest BCUT2D eigenvalue weighted by molar-refractivity contribution is 5.78. The predicted molar refractivity (Wildman–Crippen MR) is 164 cm³/mol. The molecule has 0 bridgehead atoms. The van der Waals surface area contributed by atoms with Crippen molar-refractivity contribution < 1.29 is 29.1 Å². The van der Waals surface area contributed by atoms with Crippen LogP contribution in [0.2, 0.25) is 0 Å². The lowest BCUT2D eigenvalue weighted by Crippen LogP contribution is -2.50. The van der Waals surface area contributed by atoms with Crippen molar-refractivity contribution in [1.82, 2.24) is 10.6 Å². The van der Waals surface area contributed by atoms with Crippen molar-refractivity contribution in [3.63, 3.8) is 0 Å². The first kappa shape index (κ1) is 33.1. The van der Waals surface area contributed by atoms with Crippen LogP contribution in [0.3, 0.4) is 0 Å². The van der Waals surface area contributed by atoms with Gasteiger partial charge in [0.05, 0.1) is 17.1 Å². The third-order valence-corrected chi connectivity index (χ3v) is 6.68. The average molecular weight is 592 g/mol. The summed E-state index contributed by atoms with van der Waals surface area (Å²) in [5.74, 6) is -0.0674. The van der Waals surface area contributed by atoms with Crippen LogP contribution in [-0.2, 0) is 22.4 Å². The number of ether oxygens (including phenoxy) is 2. The summed E-state index contributed by atoms with van der Waals surface area (Å²) >= 11 is 0. The second kappa shape index (κ2) is 15.2. The monoisotopic (exact) mass is 591 g/mol. The fourth-order valence-electron chi connectivity index (χ4n) is 4.82. The van der Waals surface area contributed by atoms with Crippen molar-refractivity contribution in [2.24, 2.45) is 0 Å². The van der Waals surface area contributed by atoms with Crippen LogP contribution >= 0.6 is 0 Å². The Bertz CT molecular complexity index is 1350. The molecule has 0 saturated heterocycles. The Kier molecular flexibility index (Phi) is 11.7. The van der Waals surface area contributed by atoms with Crippen LogP contribution in [0.1, 0.15) is 49.4 Å². The summed E-state index contributed by atoms with van der Waals surface area (Å²) < 4.78 is 11.2. The minimum absolute atomic E-state index is 0.0529. The fraction of sp³-hybridized carbons (Fsp3) is 0.394. The summed E-state index contributed by atoms with van der Waals surface area (Å²) in [6, 6.07) is 20.7. The molecule has 0 radical (unpaired) electrons. The first-order valence-electron chi connectivity index (χ1n) is 14.2. The quantitative estimate of drug-likeness (QED) is 0.183. The van der Waals surface area contributed by atoms with E-state index < -0.39 is 40.7 Å². The number of nitro groups is 1. The topological polar surface area (TPSA) is 140 Å². The smallest absolute Gasteiger partial charge is 0.407 e. The molecule has 10 heteroatoms. The highest BCUT2D eigenvalue weighted by Gasteiger charge is 2.28. The molecule has 0 fully saturated rings. The number of non-ortho nitro benzene ring substituents is 1. The molecule has 2 amide bonds. The van der Waals surface area contributed by atoms with E-state index in [2.05, 4.69) is 10.6 Å². The Morgan fingerprint density at radius 2 is 1.44 bits per heavy atom. The average Bonchev–Trinajstić information content (AvgIpc) is 2.92. The van der Waals surface area contributed by atoms with Gasteiger partial charge in [-0.3, -0.25) is 14.9 Å². The molecule has 0 aliphatic rings. The first-order valence-corrected chi connectivity index (χ1v) is 14.2. The zero-order chi connectivity index (χ0) is 31.6. The lowest BCUT2D eigenvalue weighted by molar-refractivity contribution is -0.385. The normalized spacial score (nSPS) is 13.3. The number of hydrogen-bond acceptors (Lipinski definition) is 7. The van der Waals surface area contributed by atoms with Gasteiger partial charge >= 0.3 is 6.09 Å². The molecule has 3 rings (SSSR count). The van der Waals surface area contributed by atoms with Gasteiger partial charge in [-0.15, -0.1) is 0 Å². The molecule has 0 saturated carbocycles. The molecule has 3 N–H and O–H groups in total. The van der Waals surface area contributed by atoms with Crippen LogP contribution in [-0.4, -0.2) is 52.4 Å². The van der Waals surface area contributed by atoms with Gasteiger partial charge in [-0.25, -0.2) is 4.79 Å². The number of aryl methyl sites for hydroxylation is 2. The third kappa shape index (κ3) is 11.1. The van der Waals surface area contributed by atoms with Gasteiger partial charge in [-0.2, -0.15) is 0 Å². The number of nitro benzene ring substituents is 1. The van der Waals surface area contributed by atoms with Crippen molar-refractivity contribution >= 4 is 17.7 Å². The molecule has 0 aliphatic heterocycles. The Morgan fingerprint density at radius 1 is 0.907 bits per heavy atom. The van der Waals surface area contributed by atoms with E-state index in [-0.39, 0.29) is 18.7 Å². The molecule has 10 nitrogen and oxygen atoms in total. The van der Waals surface area contributed by atoms with Crippen molar-refractivity contribution in [2.75, 3.05) is 6.61 Å². The number of hydrogen-bond donors (Lipinski definition) is 3. The number of rotatable bonds is 13. The summed E-state index contributed by atoms with van der Waals surface area (Å²) in [4.78, 5) is 36.4.